The summed E-state index contributed by atoms with van der Waals surface area (Å²) in [7, 11) is -3.25. The summed E-state index contributed by atoms with van der Waals surface area (Å²) in [5.74, 6) is -0.581. The molecule has 0 unspecified atom stereocenters. The fourth-order valence-corrected chi connectivity index (χ4v) is 2.74. The first-order valence-corrected chi connectivity index (χ1v) is 7.70. The third-order valence-electron chi connectivity index (χ3n) is 2.44. The van der Waals surface area contributed by atoms with Crippen molar-refractivity contribution in [3.8, 4) is 5.75 Å². The molecule has 0 N–H and O–H groups in total. The number of para-hydroxylation sites is 1. The van der Waals surface area contributed by atoms with Gasteiger partial charge in [-0.3, -0.25) is 0 Å². The zero-order valence-electron chi connectivity index (χ0n) is 11.5. The molecular weight excluding hydrogens is 319 g/mol. The van der Waals surface area contributed by atoms with Crippen LogP contribution in [0, 0.1) is 0 Å². The molecule has 0 spiro atoms. The number of benzene rings is 1. The molecular formula is C11H15BF3KO3S. The second-order valence-corrected chi connectivity index (χ2v) is 6.42. The molecule has 0 radical (unpaired) electrons. The van der Waals surface area contributed by atoms with E-state index in [4.69, 9.17) is 4.74 Å². The quantitative estimate of drug-likeness (QED) is 0.598. The number of sulfone groups is 1. The largest absolute Gasteiger partial charge is 1.00 e. The number of ether oxygens (including phenoxy) is 1. The smallest absolute Gasteiger partial charge is 0.496 e. The molecule has 0 aliphatic carbocycles. The van der Waals surface area contributed by atoms with Crippen molar-refractivity contribution >= 4 is 22.3 Å². The summed E-state index contributed by atoms with van der Waals surface area (Å²) >= 11 is 0. The predicted octanol–water partition coefficient (Wildman–Crippen LogP) is -1.05. The summed E-state index contributed by atoms with van der Waals surface area (Å²) in [6.07, 6.45) is 0.477. The Morgan fingerprint density at radius 3 is 2.30 bits per heavy atom. The van der Waals surface area contributed by atoms with Gasteiger partial charge in [-0.2, -0.15) is 0 Å². The van der Waals surface area contributed by atoms with Crippen LogP contribution < -0.4 is 61.6 Å². The second-order valence-electron chi connectivity index (χ2n) is 4.11. The summed E-state index contributed by atoms with van der Waals surface area (Å²) < 4.78 is 65.9. The van der Waals surface area contributed by atoms with Gasteiger partial charge in [-0.05, 0) is 12.5 Å². The first kappa shape index (κ1) is 20.5. The molecule has 0 saturated carbocycles. The molecule has 0 aliphatic rings. The van der Waals surface area contributed by atoms with Gasteiger partial charge in [-0.25, -0.2) is 8.42 Å². The van der Waals surface area contributed by atoms with Crippen LogP contribution in [0.1, 0.15) is 13.3 Å². The first-order chi connectivity index (χ1) is 8.76. The fourth-order valence-electron chi connectivity index (χ4n) is 1.57. The molecule has 0 amide bonds. The van der Waals surface area contributed by atoms with Crippen molar-refractivity contribution in [1.82, 2.24) is 0 Å². The Kier molecular flexibility index (Phi) is 9.00. The van der Waals surface area contributed by atoms with Crippen molar-refractivity contribution in [2.24, 2.45) is 0 Å². The van der Waals surface area contributed by atoms with E-state index in [-0.39, 0.29) is 75.2 Å². The molecule has 0 aromatic heterocycles. The third kappa shape index (κ3) is 6.95. The van der Waals surface area contributed by atoms with Crippen molar-refractivity contribution in [2.75, 3.05) is 18.1 Å². The van der Waals surface area contributed by atoms with E-state index in [0.29, 0.717) is 6.42 Å². The van der Waals surface area contributed by atoms with Crippen LogP contribution in [0.4, 0.5) is 12.9 Å². The molecule has 0 heterocycles. The van der Waals surface area contributed by atoms with E-state index in [2.05, 4.69) is 0 Å². The van der Waals surface area contributed by atoms with Crippen LogP contribution in [0.25, 0.3) is 0 Å². The topological polar surface area (TPSA) is 43.4 Å². The summed E-state index contributed by atoms with van der Waals surface area (Å²) in [5, 5.41) is 0. The molecule has 1 aromatic carbocycles. The minimum atomic E-state index is -5.17. The molecule has 0 bridgehead atoms. The van der Waals surface area contributed by atoms with Gasteiger partial charge in [0.15, 0.2) is 9.84 Å². The predicted molar refractivity (Wildman–Crippen MR) is 69.6 cm³/mol. The van der Waals surface area contributed by atoms with Crippen LogP contribution in [0.15, 0.2) is 24.3 Å². The summed E-state index contributed by atoms with van der Waals surface area (Å²) in [6.45, 7) is -3.72. The summed E-state index contributed by atoms with van der Waals surface area (Å²) in [5.41, 5.74) is -0.838. The van der Waals surface area contributed by atoms with Crippen molar-refractivity contribution in [1.29, 1.82) is 0 Å². The molecule has 1 aromatic rings. The van der Waals surface area contributed by atoms with Gasteiger partial charge < -0.3 is 17.7 Å². The van der Waals surface area contributed by atoms with Gasteiger partial charge in [0.25, 0.3) is 0 Å². The minimum Gasteiger partial charge on any atom is -0.496 e. The van der Waals surface area contributed by atoms with Crippen LogP contribution in [-0.2, 0) is 9.84 Å². The standard InChI is InChI=1S/C11H15BF3O3S.K/c1-2-8-19(16,17)9-7-18-11-6-4-3-5-10(11)12(13,14)15;/h3-6H,2,7-9H2,1H3;/q-1;+1. The number of rotatable bonds is 7. The van der Waals surface area contributed by atoms with E-state index in [1.165, 1.54) is 18.2 Å². The van der Waals surface area contributed by atoms with Crippen molar-refractivity contribution in [3.05, 3.63) is 24.3 Å². The maximum Gasteiger partial charge on any atom is 1.00 e. The van der Waals surface area contributed by atoms with E-state index in [1.807, 2.05) is 0 Å². The van der Waals surface area contributed by atoms with Gasteiger partial charge in [-0.1, -0.05) is 30.6 Å². The Balaban J connectivity index is 0.00000361. The maximum atomic E-state index is 12.7. The first-order valence-electron chi connectivity index (χ1n) is 5.88. The maximum absolute atomic E-state index is 12.7. The normalized spacial score (nSPS) is 11.8. The molecule has 0 atom stereocenters. The Bertz CT molecular complexity index is 520. The second kappa shape index (κ2) is 8.80. The summed E-state index contributed by atoms with van der Waals surface area (Å²) in [4.78, 5) is 0. The van der Waals surface area contributed by atoms with Gasteiger partial charge in [0.05, 0.1) is 17.3 Å². The molecule has 1 rings (SSSR count). The molecule has 0 saturated heterocycles. The molecule has 9 heteroatoms. The van der Waals surface area contributed by atoms with E-state index in [0.717, 1.165) is 6.07 Å². The van der Waals surface area contributed by atoms with E-state index >= 15 is 0 Å². The van der Waals surface area contributed by atoms with Crippen LogP contribution in [-0.4, -0.2) is 33.5 Å². The molecule has 20 heavy (non-hydrogen) atoms. The molecule has 108 valence electrons. The molecule has 3 nitrogen and oxygen atoms in total. The molecule has 0 fully saturated rings. The third-order valence-corrected chi connectivity index (χ3v) is 4.26. The van der Waals surface area contributed by atoms with Crippen molar-refractivity contribution in [2.45, 2.75) is 13.3 Å². The van der Waals surface area contributed by atoms with Gasteiger partial charge >= 0.3 is 58.4 Å². The Hall–Kier alpha value is 0.461. The van der Waals surface area contributed by atoms with E-state index < -0.39 is 22.3 Å². The number of halogens is 3. The van der Waals surface area contributed by atoms with Crippen molar-refractivity contribution < 1.29 is 77.5 Å². The zero-order chi connectivity index (χ0) is 14.5. The average molecular weight is 334 g/mol. The Morgan fingerprint density at radius 2 is 1.75 bits per heavy atom. The Labute approximate surface area is 159 Å². The van der Waals surface area contributed by atoms with Crippen molar-refractivity contribution in [3.63, 3.8) is 0 Å². The van der Waals surface area contributed by atoms with Gasteiger partial charge in [0.1, 0.15) is 6.61 Å². The van der Waals surface area contributed by atoms with Gasteiger partial charge in [0.2, 0.25) is 0 Å². The number of hydrogen-bond acceptors (Lipinski definition) is 3. The van der Waals surface area contributed by atoms with Crippen LogP contribution in [0.5, 0.6) is 5.75 Å². The average Bonchev–Trinajstić information content (AvgIpc) is 2.28. The monoisotopic (exact) mass is 334 g/mol. The van der Waals surface area contributed by atoms with Crippen LogP contribution >= 0.6 is 0 Å². The van der Waals surface area contributed by atoms with Gasteiger partial charge in [0, 0.05) is 0 Å². The number of hydrogen-bond donors (Lipinski definition) is 0. The van der Waals surface area contributed by atoms with E-state index in [1.54, 1.807) is 6.92 Å². The fraction of sp³-hybridized carbons (Fsp3) is 0.455. The minimum absolute atomic E-state index is 0. The Morgan fingerprint density at radius 1 is 1.15 bits per heavy atom. The zero-order valence-corrected chi connectivity index (χ0v) is 15.4. The van der Waals surface area contributed by atoms with Crippen LogP contribution in [0.2, 0.25) is 0 Å². The SMILES string of the molecule is CCCS(=O)(=O)CCOc1ccccc1[B-](F)(F)F.[K+]. The summed E-state index contributed by atoms with van der Waals surface area (Å²) in [6, 6.07) is 4.80. The van der Waals surface area contributed by atoms with E-state index in [9.17, 15) is 21.4 Å². The molecule has 0 aliphatic heterocycles. The van der Waals surface area contributed by atoms with Crippen LogP contribution in [0.3, 0.4) is 0 Å². The van der Waals surface area contributed by atoms with Gasteiger partial charge in [-0.15, -0.1) is 0 Å².